The summed E-state index contributed by atoms with van der Waals surface area (Å²) in [6, 6.07) is 0. The normalized spacial score (nSPS) is 15.8. The molecule has 0 rings (SSSR count). The van der Waals surface area contributed by atoms with Gasteiger partial charge >= 0.3 is 18.1 Å². The monoisotopic (exact) mass is 578 g/mol. The van der Waals surface area contributed by atoms with Crippen LogP contribution in [0.1, 0.15) is 95.9 Å². The first-order valence-electron chi connectivity index (χ1n) is 13.0. The predicted molar refractivity (Wildman–Crippen MR) is 140 cm³/mol. The number of hydrogen-bond acceptors (Lipinski definition) is 13. The summed E-state index contributed by atoms with van der Waals surface area (Å²) in [5.74, 6) is -1.44. The van der Waals surface area contributed by atoms with Gasteiger partial charge in [0.1, 0.15) is 23.7 Å². The minimum atomic E-state index is -1.14. The SMILES string of the molecule is CCC(C)(C)OO/C=C(\C)C(=O)OC(C)OC(C)OC(=O)OC(C)OC(C)OC(=O)/C(C)=C/OOC(C)(C)CC. The molecule has 4 atom stereocenters. The summed E-state index contributed by atoms with van der Waals surface area (Å²) in [5.41, 5.74) is -0.779. The Morgan fingerprint density at radius 1 is 0.600 bits per heavy atom. The molecule has 13 heteroatoms. The Morgan fingerprint density at radius 2 is 0.900 bits per heavy atom. The van der Waals surface area contributed by atoms with Gasteiger partial charge in [0.15, 0.2) is 0 Å². The number of esters is 2. The van der Waals surface area contributed by atoms with Gasteiger partial charge in [-0.15, -0.1) is 0 Å². The first-order valence-corrected chi connectivity index (χ1v) is 13.0. The van der Waals surface area contributed by atoms with Gasteiger partial charge in [-0.25, -0.2) is 14.4 Å². The quantitative estimate of drug-likeness (QED) is 0.0372. The van der Waals surface area contributed by atoms with Gasteiger partial charge in [-0.2, -0.15) is 9.78 Å². The molecule has 0 fully saturated rings. The van der Waals surface area contributed by atoms with Crippen LogP contribution in [0.4, 0.5) is 4.79 Å². The van der Waals surface area contributed by atoms with E-state index in [1.165, 1.54) is 41.5 Å². The smallest absolute Gasteiger partial charge is 0.432 e. The molecule has 13 nitrogen and oxygen atoms in total. The highest BCUT2D eigenvalue weighted by Gasteiger charge is 2.23. The van der Waals surface area contributed by atoms with E-state index in [0.29, 0.717) is 12.8 Å². The summed E-state index contributed by atoms with van der Waals surface area (Å²) in [6.45, 7) is 19.8. The number of rotatable bonds is 18. The minimum Gasteiger partial charge on any atom is -0.432 e. The van der Waals surface area contributed by atoms with Crippen LogP contribution in [-0.4, -0.2) is 54.5 Å². The zero-order valence-corrected chi connectivity index (χ0v) is 25.7. The van der Waals surface area contributed by atoms with Crippen molar-refractivity contribution < 1.29 is 62.4 Å². The first kappa shape index (κ1) is 37.1. The molecule has 0 N–H and O–H groups in total. The van der Waals surface area contributed by atoms with Crippen molar-refractivity contribution in [3.63, 3.8) is 0 Å². The Balaban J connectivity index is 4.48. The topological polar surface area (TPSA) is 144 Å². The van der Waals surface area contributed by atoms with Crippen LogP contribution in [-0.2, 0) is 57.6 Å². The zero-order valence-electron chi connectivity index (χ0n) is 25.7. The summed E-state index contributed by atoms with van der Waals surface area (Å²) in [6.07, 6.45) is -1.90. The third-order valence-electron chi connectivity index (χ3n) is 5.18. The van der Waals surface area contributed by atoms with Crippen LogP contribution in [0.5, 0.6) is 0 Å². The van der Waals surface area contributed by atoms with E-state index in [0.717, 1.165) is 12.5 Å². The summed E-state index contributed by atoms with van der Waals surface area (Å²) in [5, 5.41) is 0. The van der Waals surface area contributed by atoms with Gasteiger partial charge in [0.25, 0.3) is 0 Å². The zero-order chi connectivity index (χ0) is 31.1. The fourth-order valence-electron chi connectivity index (χ4n) is 2.10. The van der Waals surface area contributed by atoms with Crippen LogP contribution in [0.2, 0.25) is 0 Å². The summed E-state index contributed by atoms with van der Waals surface area (Å²) in [4.78, 5) is 56.7. The lowest BCUT2D eigenvalue weighted by Gasteiger charge is -2.22. The Hall–Kier alpha value is -2.87. The molecule has 0 saturated carbocycles. The molecule has 0 amide bonds. The molecule has 0 heterocycles. The Kier molecular flexibility index (Phi) is 16.5. The van der Waals surface area contributed by atoms with Gasteiger partial charge in [0.2, 0.25) is 25.2 Å². The second-order valence-corrected chi connectivity index (χ2v) is 10.0. The molecule has 0 bridgehead atoms. The average Bonchev–Trinajstić information content (AvgIpc) is 2.82. The standard InChI is InChI=1S/C27H46O13/c1-13-26(9,10)39-31-15-17(3)23(28)35-19(5)33-21(7)37-25(30)38-22(8)34-20(6)36-24(29)18(4)16-32-40-27(11,12)14-2/h15-16,19-22H,13-14H2,1-12H3/b17-15+,18-16+. The highest BCUT2D eigenvalue weighted by atomic mass is 17.2. The van der Waals surface area contributed by atoms with Crippen LogP contribution >= 0.6 is 0 Å². The van der Waals surface area contributed by atoms with E-state index in [1.54, 1.807) is 0 Å². The molecule has 232 valence electrons. The van der Waals surface area contributed by atoms with Gasteiger partial charge in [0.05, 0.1) is 11.1 Å². The van der Waals surface area contributed by atoms with Crippen molar-refractivity contribution >= 4 is 18.1 Å². The average molecular weight is 579 g/mol. The van der Waals surface area contributed by atoms with E-state index in [2.05, 4.69) is 0 Å². The fourth-order valence-corrected chi connectivity index (χ4v) is 2.10. The van der Waals surface area contributed by atoms with Gasteiger partial charge in [-0.1, -0.05) is 13.8 Å². The van der Waals surface area contributed by atoms with E-state index < -0.39 is 54.5 Å². The Morgan fingerprint density at radius 3 is 1.20 bits per heavy atom. The van der Waals surface area contributed by atoms with Gasteiger partial charge in [-0.3, -0.25) is 0 Å². The molecule has 0 aliphatic carbocycles. The minimum absolute atomic E-state index is 0.128. The number of carbonyl (C=O) groups excluding carboxylic acids is 3. The molecule has 40 heavy (non-hydrogen) atoms. The molecule has 0 aliphatic rings. The van der Waals surface area contributed by atoms with Gasteiger partial charge in [-0.05, 0) is 82.1 Å². The lowest BCUT2D eigenvalue weighted by atomic mass is 10.1. The lowest BCUT2D eigenvalue weighted by molar-refractivity contribution is -0.317. The van der Waals surface area contributed by atoms with Crippen LogP contribution < -0.4 is 0 Å². The largest absolute Gasteiger partial charge is 0.512 e. The first-order chi connectivity index (χ1) is 18.4. The number of carbonyl (C=O) groups is 3. The van der Waals surface area contributed by atoms with Crippen molar-refractivity contribution in [1.29, 1.82) is 0 Å². The van der Waals surface area contributed by atoms with Crippen molar-refractivity contribution in [3.8, 4) is 0 Å². The summed E-state index contributed by atoms with van der Waals surface area (Å²) < 4.78 is 30.8. The molecular formula is C27H46O13. The van der Waals surface area contributed by atoms with E-state index in [4.69, 9.17) is 48.0 Å². The van der Waals surface area contributed by atoms with Crippen molar-refractivity contribution in [3.05, 3.63) is 23.7 Å². The Bertz CT molecular complexity index is 794. The van der Waals surface area contributed by atoms with Gasteiger partial charge < -0.3 is 38.2 Å². The lowest BCUT2D eigenvalue weighted by Crippen LogP contribution is -2.30. The molecule has 0 spiro atoms. The van der Waals surface area contributed by atoms with Crippen molar-refractivity contribution in [2.45, 2.75) is 132 Å². The van der Waals surface area contributed by atoms with Crippen LogP contribution in [0.25, 0.3) is 0 Å². The third-order valence-corrected chi connectivity index (χ3v) is 5.18. The van der Waals surface area contributed by atoms with E-state index in [1.807, 2.05) is 41.5 Å². The van der Waals surface area contributed by atoms with Crippen molar-refractivity contribution in [1.82, 2.24) is 0 Å². The van der Waals surface area contributed by atoms with Crippen molar-refractivity contribution in [2.75, 3.05) is 0 Å². The molecular weight excluding hydrogens is 532 g/mol. The highest BCUT2D eigenvalue weighted by molar-refractivity contribution is 5.87. The Labute approximate surface area is 236 Å². The fraction of sp³-hybridized carbons (Fsp3) is 0.741. The highest BCUT2D eigenvalue weighted by Crippen LogP contribution is 2.16. The molecule has 4 unspecified atom stereocenters. The molecule has 0 radical (unpaired) electrons. The maximum Gasteiger partial charge on any atom is 0.512 e. The maximum atomic E-state index is 12.1. The summed E-state index contributed by atoms with van der Waals surface area (Å²) in [7, 11) is 0. The second kappa shape index (κ2) is 17.7. The van der Waals surface area contributed by atoms with Crippen molar-refractivity contribution in [2.24, 2.45) is 0 Å². The maximum absolute atomic E-state index is 12.1. The van der Waals surface area contributed by atoms with E-state index in [-0.39, 0.29) is 11.1 Å². The second-order valence-electron chi connectivity index (χ2n) is 10.0. The number of hydrogen-bond donors (Lipinski definition) is 0. The van der Waals surface area contributed by atoms with Crippen LogP contribution in [0, 0.1) is 0 Å². The van der Waals surface area contributed by atoms with E-state index in [9.17, 15) is 14.4 Å². The van der Waals surface area contributed by atoms with Gasteiger partial charge in [0, 0.05) is 0 Å². The molecule has 0 aromatic heterocycles. The molecule has 0 aromatic rings. The van der Waals surface area contributed by atoms with Crippen LogP contribution in [0.3, 0.4) is 0 Å². The molecule has 0 aliphatic heterocycles. The van der Waals surface area contributed by atoms with Crippen LogP contribution in [0.15, 0.2) is 23.7 Å². The van der Waals surface area contributed by atoms with E-state index >= 15 is 0 Å². The molecule has 0 saturated heterocycles. The number of ether oxygens (including phenoxy) is 6. The third kappa shape index (κ3) is 17.0. The summed E-state index contributed by atoms with van der Waals surface area (Å²) >= 11 is 0. The predicted octanol–water partition coefficient (Wildman–Crippen LogP) is 5.72. The molecule has 0 aromatic carbocycles.